The molecule has 0 spiro atoms. The lowest BCUT2D eigenvalue weighted by atomic mass is 10.1. The summed E-state index contributed by atoms with van der Waals surface area (Å²) >= 11 is 0. The molecular weight excluding hydrogens is 266 g/mol. The zero-order valence-corrected chi connectivity index (χ0v) is 12.7. The van der Waals surface area contributed by atoms with Crippen LogP contribution in [0.25, 0.3) is 6.08 Å². The summed E-state index contributed by atoms with van der Waals surface area (Å²) < 4.78 is 0. The summed E-state index contributed by atoms with van der Waals surface area (Å²) in [6.07, 6.45) is 1.87. The Hall–Kier alpha value is -2.80. The van der Waals surface area contributed by atoms with Gasteiger partial charge in [0.25, 0.3) is 0 Å². The van der Waals surface area contributed by atoms with Crippen molar-refractivity contribution in [1.82, 2.24) is 0 Å². The molecule has 0 atom stereocenters. The Balaban J connectivity index is 2.14. The van der Waals surface area contributed by atoms with E-state index in [1.165, 1.54) is 11.3 Å². The van der Waals surface area contributed by atoms with Crippen molar-refractivity contribution < 1.29 is 0 Å². The van der Waals surface area contributed by atoms with Crippen LogP contribution in [0.5, 0.6) is 0 Å². The van der Waals surface area contributed by atoms with Crippen LogP contribution in [0.4, 0.5) is 17.1 Å². The first-order chi connectivity index (χ1) is 10.8. The lowest BCUT2D eigenvalue weighted by Gasteiger charge is -2.27. The Morgan fingerprint density at radius 1 is 0.727 bits per heavy atom. The summed E-state index contributed by atoms with van der Waals surface area (Å²) in [6.45, 7) is 5.96. The maximum absolute atomic E-state index is 3.82. The first kappa shape index (κ1) is 14.2. The highest BCUT2D eigenvalue weighted by Crippen LogP contribution is 2.36. The van der Waals surface area contributed by atoms with Crippen molar-refractivity contribution in [2.45, 2.75) is 6.92 Å². The van der Waals surface area contributed by atoms with Gasteiger partial charge < -0.3 is 4.90 Å². The Bertz CT molecular complexity index is 757. The van der Waals surface area contributed by atoms with Crippen LogP contribution in [0, 0.1) is 6.92 Å². The number of aryl methyl sites for hydroxylation is 1. The molecule has 0 aliphatic heterocycles. The van der Waals surface area contributed by atoms with Gasteiger partial charge in [0.1, 0.15) is 0 Å². The molecule has 22 heavy (non-hydrogen) atoms. The second-order valence-electron chi connectivity index (χ2n) is 5.25. The van der Waals surface area contributed by atoms with Gasteiger partial charge in [-0.2, -0.15) is 0 Å². The monoisotopic (exact) mass is 285 g/mol. The molecule has 3 aromatic rings. The first-order valence-electron chi connectivity index (χ1n) is 7.43. The lowest BCUT2D eigenvalue weighted by Crippen LogP contribution is -2.11. The molecule has 0 amide bonds. The molecule has 1 heteroatoms. The summed E-state index contributed by atoms with van der Waals surface area (Å²) in [6, 6.07) is 27.4. The van der Waals surface area contributed by atoms with Crippen LogP contribution in [-0.2, 0) is 0 Å². The van der Waals surface area contributed by atoms with Crippen molar-refractivity contribution >= 4 is 23.1 Å². The van der Waals surface area contributed by atoms with Crippen LogP contribution in [0.3, 0.4) is 0 Å². The summed E-state index contributed by atoms with van der Waals surface area (Å²) in [7, 11) is 0. The third-order valence-electron chi connectivity index (χ3n) is 3.76. The number of benzene rings is 3. The zero-order chi connectivity index (χ0) is 15.4. The Kier molecular flexibility index (Phi) is 4.06. The van der Waals surface area contributed by atoms with Gasteiger partial charge in [-0.25, -0.2) is 0 Å². The van der Waals surface area contributed by atoms with Crippen molar-refractivity contribution in [3.63, 3.8) is 0 Å². The molecule has 0 bridgehead atoms. The number of rotatable bonds is 4. The van der Waals surface area contributed by atoms with Gasteiger partial charge in [-0.1, -0.05) is 61.2 Å². The van der Waals surface area contributed by atoms with E-state index in [9.17, 15) is 0 Å². The van der Waals surface area contributed by atoms with E-state index in [-0.39, 0.29) is 0 Å². The molecule has 0 aliphatic carbocycles. The second-order valence-corrected chi connectivity index (χ2v) is 5.25. The normalized spacial score (nSPS) is 10.2. The minimum absolute atomic E-state index is 1.13. The van der Waals surface area contributed by atoms with Crippen LogP contribution in [0.15, 0.2) is 85.4 Å². The average Bonchev–Trinajstić information content (AvgIpc) is 2.58. The Morgan fingerprint density at radius 3 is 1.95 bits per heavy atom. The number of hydrogen-bond acceptors (Lipinski definition) is 1. The molecule has 0 aromatic heterocycles. The molecule has 1 nitrogen and oxygen atoms in total. The Morgan fingerprint density at radius 2 is 1.32 bits per heavy atom. The van der Waals surface area contributed by atoms with Crippen LogP contribution < -0.4 is 4.90 Å². The van der Waals surface area contributed by atoms with Crippen molar-refractivity contribution in [2.24, 2.45) is 0 Å². The number of nitrogens with zero attached hydrogens (tertiary/aromatic N) is 1. The standard InChI is InChI=1S/C21H19N/c1-3-18-13-15-20(16-14-18)22(19-10-5-4-6-11-19)21-12-8-7-9-17(21)2/h3-16H,1H2,2H3. The highest BCUT2D eigenvalue weighted by molar-refractivity contribution is 5.78. The van der Waals surface area contributed by atoms with Crippen LogP contribution in [-0.4, -0.2) is 0 Å². The SMILES string of the molecule is C=Cc1ccc(N(c2ccccc2)c2ccccc2C)cc1. The van der Waals surface area contributed by atoms with Gasteiger partial charge in [0.15, 0.2) is 0 Å². The minimum atomic E-state index is 1.13. The zero-order valence-electron chi connectivity index (χ0n) is 12.7. The molecule has 0 N–H and O–H groups in total. The molecule has 108 valence electrons. The van der Waals surface area contributed by atoms with E-state index in [0.29, 0.717) is 0 Å². The van der Waals surface area contributed by atoms with Gasteiger partial charge in [0, 0.05) is 17.1 Å². The van der Waals surface area contributed by atoms with Crippen LogP contribution >= 0.6 is 0 Å². The van der Waals surface area contributed by atoms with Gasteiger partial charge in [-0.15, -0.1) is 0 Å². The summed E-state index contributed by atoms with van der Waals surface area (Å²) in [5, 5.41) is 0. The van der Waals surface area contributed by atoms with Crippen molar-refractivity contribution in [3.8, 4) is 0 Å². The smallest absolute Gasteiger partial charge is 0.0490 e. The molecule has 0 saturated carbocycles. The third-order valence-corrected chi connectivity index (χ3v) is 3.76. The van der Waals surface area contributed by atoms with E-state index in [2.05, 4.69) is 91.2 Å². The van der Waals surface area contributed by atoms with E-state index < -0.39 is 0 Å². The maximum Gasteiger partial charge on any atom is 0.0490 e. The Labute approximate surface area is 132 Å². The fourth-order valence-electron chi connectivity index (χ4n) is 2.58. The average molecular weight is 285 g/mol. The summed E-state index contributed by atoms with van der Waals surface area (Å²) in [5.74, 6) is 0. The van der Waals surface area contributed by atoms with Gasteiger partial charge in [0.05, 0.1) is 0 Å². The number of hydrogen-bond donors (Lipinski definition) is 0. The molecule has 0 saturated heterocycles. The summed E-state index contributed by atoms with van der Waals surface area (Å²) in [4.78, 5) is 2.28. The van der Waals surface area contributed by atoms with Gasteiger partial charge in [-0.3, -0.25) is 0 Å². The molecule has 0 fully saturated rings. The fraction of sp³-hybridized carbons (Fsp3) is 0.0476. The highest BCUT2D eigenvalue weighted by atomic mass is 15.1. The molecule has 3 aromatic carbocycles. The van der Waals surface area contributed by atoms with Crippen molar-refractivity contribution in [2.75, 3.05) is 4.90 Å². The van der Waals surface area contributed by atoms with E-state index in [1.807, 2.05) is 12.1 Å². The summed E-state index contributed by atoms with van der Waals surface area (Å²) in [5.41, 5.74) is 5.87. The first-order valence-corrected chi connectivity index (χ1v) is 7.43. The van der Waals surface area contributed by atoms with Crippen LogP contribution in [0.1, 0.15) is 11.1 Å². The molecule has 0 radical (unpaired) electrons. The van der Waals surface area contributed by atoms with E-state index in [4.69, 9.17) is 0 Å². The molecule has 0 unspecified atom stereocenters. The van der Waals surface area contributed by atoms with E-state index in [0.717, 1.165) is 16.9 Å². The van der Waals surface area contributed by atoms with Gasteiger partial charge in [0.2, 0.25) is 0 Å². The second kappa shape index (κ2) is 6.31. The quantitative estimate of drug-likeness (QED) is 0.559. The lowest BCUT2D eigenvalue weighted by molar-refractivity contribution is 1.25. The van der Waals surface area contributed by atoms with Crippen LogP contribution in [0.2, 0.25) is 0 Å². The predicted octanol–water partition coefficient (Wildman–Crippen LogP) is 6.11. The minimum Gasteiger partial charge on any atom is -0.310 e. The molecule has 0 aliphatic rings. The van der Waals surface area contributed by atoms with E-state index in [1.54, 1.807) is 0 Å². The molecular formula is C21H19N. The van der Waals surface area contributed by atoms with Crippen molar-refractivity contribution in [3.05, 3.63) is 96.6 Å². The third kappa shape index (κ3) is 2.79. The maximum atomic E-state index is 3.82. The molecule has 0 heterocycles. The number of anilines is 3. The van der Waals surface area contributed by atoms with E-state index >= 15 is 0 Å². The topological polar surface area (TPSA) is 3.24 Å². The fourth-order valence-corrected chi connectivity index (χ4v) is 2.58. The van der Waals surface area contributed by atoms with Gasteiger partial charge in [-0.05, 0) is 48.4 Å². The predicted molar refractivity (Wildman–Crippen MR) is 96.0 cm³/mol. The van der Waals surface area contributed by atoms with Crippen molar-refractivity contribution in [1.29, 1.82) is 0 Å². The largest absolute Gasteiger partial charge is 0.310 e. The molecule has 3 rings (SSSR count). The van der Waals surface area contributed by atoms with Gasteiger partial charge >= 0.3 is 0 Å². The highest BCUT2D eigenvalue weighted by Gasteiger charge is 2.13. The number of para-hydroxylation sites is 2.